The van der Waals surface area contributed by atoms with Crippen LogP contribution in [0.5, 0.6) is 0 Å². The summed E-state index contributed by atoms with van der Waals surface area (Å²) in [5, 5.41) is 16.0. The molecule has 0 aliphatic heterocycles. The van der Waals surface area contributed by atoms with Crippen LogP contribution in [0.25, 0.3) is 33.9 Å². The van der Waals surface area contributed by atoms with Crippen molar-refractivity contribution in [2.45, 2.75) is 29.1 Å². The Morgan fingerprint density at radius 1 is 0.614 bits per heavy atom. The highest BCUT2D eigenvalue weighted by Crippen LogP contribution is 2.43. The minimum atomic E-state index is -4.53. The molecule has 14 nitrogen and oxygen atoms in total. The van der Waals surface area contributed by atoms with Gasteiger partial charge < -0.3 is 10.6 Å². The first-order valence-electron chi connectivity index (χ1n) is 16.9. The molecule has 0 bridgehead atoms. The van der Waals surface area contributed by atoms with Crippen LogP contribution in [0, 0.1) is 0 Å². The second-order valence-corrected chi connectivity index (χ2v) is 17.7. The van der Waals surface area contributed by atoms with Gasteiger partial charge in [0.25, 0.3) is 32.1 Å². The molecule has 8 rings (SSSR count). The molecule has 20 heteroatoms. The molecule has 0 saturated carbocycles. The second-order valence-electron chi connectivity index (χ2n) is 13.2. The van der Waals surface area contributed by atoms with Crippen LogP contribution < -0.4 is 10.6 Å². The molecule has 0 radical (unpaired) electrons. The van der Waals surface area contributed by atoms with Gasteiger partial charge in [-0.15, -0.1) is 0 Å². The number of benzene rings is 4. The van der Waals surface area contributed by atoms with Crippen LogP contribution in [0.3, 0.4) is 0 Å². The van der Waals surface area contributed by atoms with Crippen LogP contribution in [0.4, 0.5) is 0 Å². The van der Waals surface area contributed by atoms with E-state index in [1.807, 2.05) is 0 Å². The van der Waals surface area contributed by atoms with E-state index < -0.39 is 32.1 Å². The first kappa shape index (κ1) is 39.1. The Morgan fingerprint density at radius 2 is 1.02 bits per heavy atom. The van der Waals surface area contributed by atoms with Crippen molar-refractivity contribution in [3.8, 4) is 33.9 Å². The van der Waals surface area contributed by atoms with Crippen LogP contribution in [-0.4, -0.2) is 70.4 Å². The van der Waals surface area contributed by atoms with E-state index in [1.165, 1.54) is 45.8 Å². The predicted molar refractivity (Wildman–Crippen MR) is 213 cm³/mol. The molecule has 2 aliphatic rings. The van der Waals surface area contributed by atoms with Gasteiger partial charge >= 0.3 is 0 Å². The maximum atomic E-state index is 13.6. The molecular formula is C37H26Cl4N6O8S2. The number of nitrogens with zero attached hydrogens (tertiary/aromatic N) is 4. The summed E-state index contributed by atoms with van der Waals surface area (Å²) in [7, 11) is -9.06. The monoisotopic (exact) mass is 886 g/mol. The van der Waals surface area contributed by atoms with Crippen LogP contribution in [0.15, 0.2) is 82.6 Å². The molecule has 0 unspecified atom stereocenters. The van der Waals surface area contributed by atoms with Crippen molar-refractivity contribution >= 4 is 78.5 Å². The van der Waals surface area contributed by atoms with Gasteiger partial charge in [-0.2, -0.15) is 27.0 Å². The van der Waals surface area contributed by atoms with Crippen molar-refractivity contribution in [2.75, 3.05) is 13.1 Å². The summed E-state index contributed by atoms with van der Waals surface area (Å²) in [5.74, 6) is -1.05. The number of aromatic nitrogens is 4. The summed E-state index contributed by atoms with van der Waals surface area (Å²) in [6, 6.07) is 17.8. The standard InChI is InChI=1S/C37H26Cl4N6O8S2/c38-20-4-8-30(28(40)14-20)46-34-24-16-22(56(50,51)52)6-2-18(24)12-26(34)32(44-46)36(48)42-10-1-11-43-37(49)33-27-13-19-3-7-23(57(53,54)55)17-25(19)35(27)47(45-33)31-9-5-21(39)15-29(31)41/h2-9,14-17H,1,10-13H2,(H,42,48)(H,43,49)(H,50,51,52)(H,53,54,55). The zero-order valence-electron chi connectivity index (χ0n) is 28.9. The average molecular weight is 889 g/mol. The normalized spacial score (nSPS) is 12.9. The molecule has 4 N–H and O–H groups in total. The van der Waals surface area contributed by atoms with Gasteiger partial charge in [0.05, 0.1) is 42.6 Å². The van der Waals surface area contributed by atoms with Crippen molar-refractivity contribution in [1.82, 2.24) is 30.2 Å². The van der Waals surface area contributed by atoms with Crippen molar-refractivity contribution in [3.63, 3.8) is 0 Å². The SMILES string of the molecule is O=C(NCCCNC(=O)c1nn(-c2ccc(Cl)cc2Cl)c2c1Cc1ccc(S(=O)(=O)O)cc1-2)c1nn(-c2ccc(Cl)cc2Cl)c2c1Cc1ccc(S(=O)(=O)O)cc1-2. The third kappa shape index (κ3) is 7.21. The maximum absolute atomic E-state index is 13.6. The maximum Gasteiger partial charge on any atom is 0.294 e. The zero-order chi connectivity index (χ0) is 40.6. The first-order valence-corrected chi connectivity index (χ1v) is 21.3. The molecule has 0 atom stereocenters. The smallest absolute Gasteiger partial charge is 0.294 e. The van der Waals surface area contributed by atoms with Gasteiger partial charge in [-0.3, -0.25) is 18.7 Å². The van der Waals surface area contributed by atoms with Gasteiger partial charge in [0.15, 0.2) is 11.4 Å². The van der Waals surface area contributed by atoms with Crippen molar-refractivity contribution in [1.29, 1.82) is 0 Å². The minimum Gasteiger partial charge on any atom is -0.351 e. The average Bonchev–Trinajstić information content (AvgIpc) is 3.89. The van der Waals surface area contributed by atoms with Gasteiger partial charge in [0, 0.05) is 58.2 Å². The molecule has 2 aromatic heterocycles. The van der Waals surface area contributed by atoms with Gasteiger partial charge in [0.1, 0.15) is 0 Å². The third-order valence-electron chi connectivity index (χ3n) is 9.60. The van der Waals surface area contributed by atoms with Crippen LogP contribution in [-0.2, 0) is 33.1 Å². The number of amides is 2. The lowest BCUT2D eigenvalue weighted by molar-refractivity contribution is 0.0945. The third-order valence-corrected chi connectivity index (χ3v) is 12.4. The molecule has 2 aliphatic carbocycles. The number of halogens is 4. The molecule has 0 saturated heterocycles. The van der Waals surface area contributed by atoms with E-state index in [1.54, 1.807) is 36.4 Å². The zero-order valence-corrected chi connectivity index (χ0v) is 33.6. The van der Waals surface area contributed by atoms with Crippen LogP contribution in [0.1, 0.15) is 49.7 Å². The van der Waals surface area contributed by atoms with E-state index in [0.29, 0.717) is 72.6 Å². The molecule has 0 fully saturated rings. The molecule has 292 valence electrons. The van der Waals surface area contributed by atoms with Crippen molar-refractivity contribution in [2.24, 2.45) is 0 Å². The van der Waals surface area contributed by atoms with Crippen molar-refractivity contribution in [3.05, 3.63) is 127 Å². The van der Waals surface area contributed by atoms with E-state index in [-0.39, 0.29) is 57.2 Å². The topological polar surface area (TPSA) is 203 Å². The van der Waals surface area contributed by atoms with Gasteiger partial charge in [-0.05, 0) is 78.2 Å². The molecule has 4 aromatic carbocycles. The van der Waals surface area contributed by atoms with Crippen LogP contribution in [0.2, 0.25) is 20.1 Å². The minimum absolute atomic E-state index is 0.0725. The number of hydrogen-bond acceptors (Lipinski definition) is 8. The molecule has 57 heavy (non-hydrogen) atoms. The fourth-order valence-corrected chi connectivity index (χ4v) is 9.02. The highest BCUT2D eigenvalue weighted by Gasteiger charge is 2.34. The van der Waals surface area contributed by atoms with Crippen molar-refractivity contribution < 1.29 is 35.5 Å². The Morgan fingerprint density at radius 3 is 1.39 bits per heavy atom. The highest BCUT2D eigenvalue weighted by molar-refractivity contribution is 7.86. The molecule has 6 aromatic rings. The Hall–Kier alpha value is -4.78. The van der Waals surface area contributed by atoms with Crippen LogP contribution >= 0.6 is 46.4 Å². The Bertz CT molecular complexity index is 2750. The Balaban J connectivity index is 1.01. The molecule has 0 spiro atoms. The lowest BCUT2D eigenvalue weighted by Gasteiger charge is -2.11. The second kappa shape index (κ2) is 14.6. The van der Waals surface area contributed by atoms with Gasteiger partial charge in [0.2, 0.25) is 0 Å². The number of carbonyl (C=O) groups is 2. The number of carbonyl (C=O) groups excluding carboxylic acids is 2. The van der Waals surface area contributed by atoms with E-state index >= 15 is 0 Å². The molecular weight excluding hydrogens is 862 g/mol. The lowest BCUT2D eigenvalue weighted by atomic mass is 10.1. The fraction of sp³-hybridized carbons (Fsp3) is 0.135. The molecule has 2 heterocycles. The Kier molecular flexibility index (Phi) is 9.97. The number of nitrogens with one attached hydrogen (secondary N) is 2. The summed E-state index contributed by atoms with van der Waals surface area (Å²) in [6.07, 6.45) is 0.796. The van der Waals surface area contributed by atoms with E-state index in [4.69, 9.17) is 46.4 Å². The number of rotatable bonds is 10. The van der Waals surface area contributed by atoms with E-state index in [2.05, 4.69) is 20.8 Å². The summed E-state index contributed by atoms with van der Waals surface area (Å²) in [4.78, 5) is 26.6. The van der Waals surface area contributed by atoms with E-state index in [0.717, 1.165) is 0 Å². The number of hydrogen-bond donors (Lipinski definition) is 4. The fourth-order valence-electron chi connectivity index (χ4n) is 7.03. The highest BCUT2D eigenvalue weighted by atomic mass is 35.5. The molecule has 2 amide bonds. The van der Waals surface area contributed by atoms with E-state index in [9.17, 15) is 35.5 Å². The number of fused-ring (bicyclic) bond motifs is 6. The summed E-state index contributed by atoms with van der Waals surface area (Å²) < 4.78 is 70.3. The summed E-state index contributed by atoms with van der Waals surface area (Å²) >= 11 is 25.3. The van der Waals surface area contributed by atoms with Gasteiger partial charge in [-0.1, -0.05) is 58.5 Å². The summed E-state index contributed by atoms with van der Waals surface area (Å²) in [5.41, 5.74) is 5.14. The summed E-state index contributed by atoms with van der Waals surface area (Å²) in [6.45, 7) is 0.248. The Labute approximate surface area is 344 Å². The van der Waals surface area contributed by atoms with Gasteiger partial charge in [-0.25, -0.2) is 9.36 Å². The lowest BCUT2D eigenvalue weighted by Crippen LogP contribution is -2.31. The quantitative estimate of drug-likeness (QED) is 0.0831. The largest absolute Gasteiger partial charge is 0.351 e. The predicted octanol–water partition coefficient (Wildman–Crippen LogP) is 6.86. The first-order chi connectivity index (χ1) is 27.0.